The van der Waals surface area contributed by atoms with Gasteiger partial charge in [0.15, 0.2) is 0 Å². The monoisotopic (exact) mass is 274 g/mol. The molecule has 2 heterocycles. The summed E-state index contributed by atoms with van der Waals surface area (Å²) in [7, 11) is 0. The number of para-hydroxylation sites is 1. The molecule has 106 valence electrons. The van der Waals surface area contributed by atoms with E-state index in [1.54, 1.807) is 6.92 Å². The Morgan fingerprint density at radius 3 is 2.95 bits per heavy atom. The first-order valence-electron chi connectivity index (χ1n) is 6.98. The highest BCUT2D eigenvalue weighted by molar-refractivity contribution is 5.89. The van der Waals surface area contributed by atoms with E-state index in [9.17, 15) is 9.59 Å². The fourth-order valence-electron chi connectivity index (χ4n) is 2.91. The summed E-state index contributed by atoms with van der Waals surface area (Å²) in [5, 5.41) is 2.72. The SMILES string of the molecule is CC1NC(=O)CCN(C2CCOc3ccccc32)C1=O. The Balaban J connectivity index is 1.92. The lowest BCUT2D eigenvalue weighted by Crippen LogP contribution is -2.45. The molecular weight excluding hydrogens is 256 g/mol. The van der Waals surface area contributed by atoms with E-state index < -0.39 is 6.04 Å². The zero-order valence-corrected chi connectivity index (χ0v) is 11.5. The molecule has 0 radical (unpaired) electrons. The fourth-order valence-corrected chi connectivity index (χ4v) is 2.91. The standard InChI is InChI=1S/C15H18N2O3/c1-10-15(19)17(8-6-14(18)16-10)12-7-9-20-13-5-3-2-4-11(12)13/h2-5,10,12H,6-9H2,1H3,(H,16,18). The molecule has 1 aromatic carbocycles. The van der Waals surface area contributed by atoms with Crippen LogP contribution in [-0.4, -0.2) is 35.9 Å². The van der Waals surface area contributed by atoms with Crippen LogP contribution in [0.4, 0.5) is 0 Å². The molecule has 2 aliphatic heterocycles. The molecule has 0 bridgehead atoms. The second kappa shape index (κ2) is 5.15. The summed E-state index contributed by atoms with van der Waals surface area (Å²) in [6.07, 6.45) is 1.12. The fraction of sp³-hybridized carbons (Fsp3) is 0.467. The highest BCUT2D eigenvalue weighted by Gasteiger charge is 2.34. The number of hydrogen-bond acceptors (Lipinski definition) is 3. The second-order valence-electron chi connectivity index (χ2n) is 5.26. The van der Waals surface area contributed by atoms with Crippen LogP contribution in [0.25, 0.3) is 0 Å². The van der Waals surface area contributed by atoms with Crippen molar-refractivity contribution in [2.24, 2.45) is 0 Å². The predicted molar refractivity (Wildman–Crippen MR) is 73.2 cm³/mol. The number of hydrogen-bond donors (Lipinski definition) is 1. The Kier molecular flexibility index (Phi) is 3.34. The quantitative estimate of drug-likeness (QED) is 0.838. The number of benzene rings is 1. The topological polar surface area (TPSA) is 58.6 Å². The van der Waals surface area contributed by atoms with Gasteiger partial charge in [-0.2, -0.15) is 0 Å². The van der Waals surface area contributed by atoms with Crippen LogP contribution in [0.2, 0.25) is 0 Å². The first-order valence-corrected chi connectivity index (χ1v) is 6.98. The molecule has 0 aliphatic carbocycles. The third-order valence-corrected chi connectivity index (χ3v) is 3.91. The molecule has 0 aromatic heterocycles. The molecule has 1 N–H and O–H groups in total. The van der Waals surface area contributed by atoms with Gasteiger partial charge in [-0.25, -0.2) is 0 Å². The number of carbonyl (C=O) groups excluding carboxylic acids is 2. The smallest absolute Gasteiger partial charge is 0.245 e. The third kappa shape index (κ3) is 2.24. The van der Waals surface area contributed by atoms with Gasteiger partial charge in [-0.05, 0) is 13.0 Å². The van der Waals surface area contributed by atoms with E-state index in [-0.39, 0.29) is 17.9 Å². The van der Waals surface area contributed by atoms with E-state index in [2.05, 4.69) is 5.32 Å². The second-order valence-corrected chi connectivity index (χ2v) is 5.26. The molecule has 5 nitrogen and oxygen atoms in total. The molecule has 0 spiro atoms. The van der Waals surface area contributed by atoms with Crippen molar-refractivity contribution in [3.8, 4) is 5.75 Å². The summed E-state index contributed by atoms with van der Waals surface area (Å²) in [5.41, 5.74) is 1.04. The molecule has 2 aliphatic rings. The summed E-state index contributed by atoms with van der Waals surface area (Å²) in [5.74, 6) is 0.763. The van der Waals surface area contributed by atoms with Crippen molar-refractivity contribution in [1.29, 1.82) is 0 Å². The summed E-state index contributed by atoms with van der Waals surface area (Å²) in [4.78, 5) is 25.9. The first kappa shape index (κ1) is 13.0. The van der Waals surface area contributed by atoms with Crippen molar-refractivity contribution >= 4 is 11.8 Å². The number of amides is 2. The minimum atomic E-state index is -0.458. The van der Waals surface area contributed by atoms with Crippen LogP contribution in [0.3, 0.4) is 0 Å². The number of fused-ring (bicyclic) bond motifs is 1. The summed E-state index contributed by atoms with van der Waals surface area (Å²) in [6, 6.07) is 7.35. The molecular formula is C15H18N2O3. The lowest BCUT2D eigenvalue weighted by molar-refractivity contribution is -0.135. The number of rotatable bonds is 1. The highest BCUT2D eigenvalue weighted by atomic mass is 16.5. The Morgan fingerprint density at radius 2 is 2.10 bits per heavy atom. The Bertz CT molecular complexity index is 544. The van der Waals surface area contributed by atoms with E-state index in [0.717, 1.165) is 17.7 Å². The van der Waals surface area contributed by atoms with E-state index in [1.165, 1.54) is 0 Å². The lowest BCUT2D eigenvalue weighted by atomic mass is 9.98. The molecule has 2 unspecified atom stereocenters. The van der Waals surface area contributed by atoms with E-state index in [0.29, 0.717) is 19.6 Å². The average molecular weight is 274 g/mol. The van der Waals surface area contributed by atoms with Crippen molar-refractivity contribution in [2.45, 2.75) is 31.8 Å². The Labute approximate surface area is 117 Å². The molecule has 1 fully saturated rings. The maximum absolute atomic E-state index is 12.5. The number of ether oxygens (including phenoxy) is 1. The highest BCUT2D eigenvalue weighted by Crippen LogP contribution is 2.36. The minimum absolute atomic E-state index is 0.00241. The predicted octanol–water partition coefficient (Wildman–Crippen LogP) is 1.25. The zero-order valence-electron chi connectivity index (χ0n) is 11.5. The van der Waals surface area contributed by atoms with E-state index in [4.69, 9.17) is 4.74 Å². The van der Waals surface area contributed by atoms with Crippen molar-refractivity contribution in [3.05, 3.63) is 29.8 Å². The zero-order chi connectivity index (χ0) is 14.1. The molecule has 2 amide bonds. The maximum atomic E-state index is 12.5. The van der Waals surface area contributed by atoms with E-state index >= 15 is 0 Å². The van der Waals surface area contributed by atoms with Gasteiger partial charge in [-0.15, -0.1) is 0 Å². The molecule has 20 heavy (non-hydrogen) atoms. The molecule has 1 saturated heterocycles. The third-order valence-electron chi connectivity index (χ3n) is 3.91. The summed E-state index contributed by atoms with van der Waals surface area (Å²) < 4.78 is 5.64. The van der Waals surface area contributed by atoms with Crippen LogP contribution in [0.5, 0.6) is 5.75 Å². The minimum Gasteiger partial charge on any atom is -0.493 e. The van der Waals surface area contributed by atoms with Gasteiger partial charge in [-0.3, -0.25) is 9.59 Å². The van der Waals surface area contributed by atoms with Gasteiger partial charge in [0.2, 0.25) is 11.8 Å². The van der Waals surface area contributed by atoms with Gasteiger partial charge in [0.1, 0.15) is 11.8 Å². The van der Waals surface area contributed by atoms with E-state index in [1.807, 2.05) is 29.2 Å². The van der Waals surface area contributed by atoms with Gasteiger partial charge < -0.3 is 15.0 Å². The number of carbonyl (C=O) groups is 2. The number of nitrogens with one attached hydrogen (secondary N) is 1. The molecule has 2 atom stereocenters. The molecule has 5 heteroatoms. The van der Waals surface area contributed by atoms with Crippen molar-refractivity contribution < 1.29 is 14.3 Å². The van der Waals surface area contributed by atoms with Crippen LogP contribution < -0.4 is 10.1 Å². The van der Waals surface area contributed by atoms with Gasteiger partial charge in [-0.1, -0.05) is 18.2 Å². The van der Waals surface area contributed by atoms with Crippen molar-refractivity contribution in [2.75, 3.05) is 13.2 Å². The van der Waals surface area contributed by atoms with Crippen molar-refractivity contribution in [1.82, 2.24) is 10.2 Å². The largest absolute Gasteiger partial charge is 0.493 e. The van der Waals surface area contributed by atoms with Gasteiger partial charge in [0.05, 0.1) is 12.6 Å². The normalized spacial score (nSPS) is 26.4. The van der Waals surface area contributed by atoms with Crippen molar-refractivity contribution in [3.63, 3.8) is 0 Å². The molecule has 3 rings (SSSR count). The van der Waals surface area contributed by atoms with Crippen LogP contribution in [0.1, 0.15) is 31.4 Å². The Morgan fingerprint density at radius 1 is 1.30 bits per heavy atom. The van der Waals surface area contributed by atoms with Gasteiger partial charge in [0, 0.05) is 24.9 Å². The molecule has 1 aromatic rings. The first-order chi connectivity index (χ1) is 9.66. The summed E-state index contributed by atoms with van der Waals surface area (Å²) in [6.45, 7) is 2.80. The maximum Gasteiger partial charge on any atom is 0.245 e. The average Bonchev–Trinajstić information content (AvgIpc) is 2.58. The van der Waals surface area contributed by atoms with Crippen LogP contribution in [-0.2, 0) is 9.59 Å². The molecule has 0 saturated carbocycles. The summed E-state index contributed by atoms with van der Waals surface area (Å²) >= 11 is 0. The lowest BCUT2D eigenvalue weighted by Gasteiger charge is -2.35. The van der Waals surface area contributed by atoms with Crippen LogP contribution >= 0.6 is 0 Å². The number of nitrogens with zero attached hydrogens (tertiary/aromatic N) is 1. The van der Waals surface area contributed by atoms with Crippen LogP contribution in [0, 0.1) is 0 Å². The Hall–Kier alpha value is -2.04. The van der Waals surface area contributed by atoms with Gasteiger partial charge in [0.25, 0.3) is 0 Å². The van der Waals surface area contributed by atoms with Crippen LogP contribution in [0.15, 0.2) is 24.3 Å². The van der Waals surface area contributed by atoms with Gasteiger partial charge >= 0.3 is 0 Å².